The fourth-order valence-electron chi connectivity index (χ4n) is 2.41. The number of hydrogen-bond acceptors (Lipinski definition) is 0. The van der Waals surface area contributed by atoms with Crippen LogP contribution in [0, 0.1) is 11.8 Å². The van der Waals surface area contributed by atoms with E-state index >= 15 is 0 Å². The lowest BCUT2D eigenvalue weighted by molar-refractivity contribution is -0.528. The van der Waals surface area contributed by atoms with Gasteiger partial charge in [0.25, 0.3) is 0 Å². The molecule has 62 valence electrons. The van der Waals surface area contributed by atoms with Crippen LogP contribution < -0.4 is 0 Å². The number of fused-ring (bicyclic) bond motifs is 4. The zero-order valence-electron chi connectivity index (χ0n) is 6.80. The van der Waals surface area contributed by atoms with Crippen molar-refractivity contribution in [2.45, 2.75) is 25.7 Å². The average Bonchev–Trinajstić information content (AvgIpc) is 2.35. The highest BCUT2D eigenvalue weighted by atomic mass is 35.5. The number of hydrogen-bond donors (Lipinski definition) is 0. The topological polar surface area (TPSA) is 3.01 Å². The van der Waals surface area contributed by atoms with Gasteiger partial charge in [0.2, 0.25) is 5.67 Å². The van der Waals surface area contributed by atoms with Crippen LogP contribution in [0.15, 0.2) is 0 Å². The van der Waals surface area contributed by atoms with Gasteiger partial charge < -0.3 is 0 Å². The molecule has 0 N–H and O–H groups in total. The van der Waals surface area contributed by atoms with Crippen molar-refractivity contribution in [1.82, 2.24) is 0 Å². The van der Waals surface area contributed by atoms with E-state index in [1.165, 1.54) is 38.8 Å². The minimum atomic E-state index is 0.934. The third kappa shape index (κ3) is 1.58. The zero-order valence-corrected chi connectivity index (χ0v) is 7.56. The van der Waals surface area contributed by atoms with Crippen LogP contribution in [0.2, 0.25) is 0 Å². The summed E-state index contributed by atoms with van der Waals surface area (Å²) in [5.74, 6) is 1.87. The molecule has 2 heteroatoms. The van der Waals surface area contributed by atoms with Crippen molar-refractivity contribution in [2.75, 3.05) is 13.1 Å². The smallest absolute Gasteiger partial charge is 0.226 e. The second kappa shape index (κ2) is 3.14. The Bertz CT molecular complexity index is 152. The molecule has 2 bridgehead atoms. The summed E-state index contributed by atoms with van der Waals surface area (Å²) in [6, 6.07) is 0. The Morgan fingerprint density at radius 1 is 1.00 bits per heavy atom. The molecule has 0 radical (unpaired) electrons. The number of halogens is 1. The van der Waals surface area contributed by atoms with Gasteiger partial charge in [0.05, 0.1) is 0 Å². The van der Waals surface area contributed by atoms with Gasteiger partial charge in [-0.25, -0.2) is 4.58 Å². The van der Waals surface area contributed by atoms with Crippen molar-refractivity contribution in [3.05, 3.63) is 0 Å². The molecule has 2 heterocycles. The maximum Gasteiger partial charge on any atom is 0.232 e. The minimum absolute atomic E-state index is 0.934. The summed E-state index contributed by atoms with van der Waals surface area (Å²) in [5.41, 5.74) is 1.75. The first kappa shape index (κ1) is 7.60. The Kier molecular flexibility index (Phi) is 2.17. The molecule has 1 saturated carbocycles. The summed E-state index contributed by atoms with van der Waals surface area (Å²) in [4.78, 5) is 0. The molecule has 3 aliphatic rings. The lowest BCUT2D eigenvalue weighted by Crippen LogP contribution is -2.17. The van der Waals surface area contributed by atoms with E-state index in [0.717, 1.165) is 11.8 Å². The summed E-state index contributed by atoms with van der Waals surface area (Å²) >= 11 is 5.71. The van der Waals surface area contributed by atoms with Gasteiger partial charge in [0.1, 0.15) is 13.1 Å². The first-order valence-electron chi connectivity index (χ1n) is 4.56. The Balaban J connectivity index is 2.12. The van der Waals surface area contributed by atoms with E-state index in [1.54, 1.807) is 5.67 Å². The largest absolute Gasteiger partial charge is 0.232 e. The zero-order chi connectivity index (χ0) is 7.68. The second-order valence-corrected chi connectivity index (χ2v) is 4.13. The van der Waals surface area contributed by atoms with Gasteiger partial charge in [-0.15, -0.1) is 0 Å². The lowest BCUT2D eigenvalue weighted by atomic mass is 9.84. The molecule has 0 spiro atoms. The lowest BCUT2D eigenvalue weighted by Gasteiger charge is -2.18. The van der Waals surface area contributed by atoms with Gasteiger partial charge in [-0.05, 0) is 37.3 Å². The summed E-state index contributed by atoms with van der Waals surface area (Å²) < 4.78 is 2.29. The van der Waals surface area contributed by atoms with Crippen LogP contribution in [-0.2, 0) is 0 Å². The van der Waals surface area contributed by atoms with Gasteiger partial charge >= 0.3 is 0 Å². The van der Waals surface area contributed by atoms with Crippen molar-refractivity contribution in [3.63, 3.8) is 0 Å². The third-order valence-electron chi connectivity index (χ3n) is 3.09. The number of rotatable bonds is 0. The average molecular weight is 173 g/mol. The van der Waals surface area contributed by atoms with Crippen molar-refractivity contribution >= 4 is 17.3 Å². The molecule has 3 rings (SSSR count). The highest BCUT2D eigenvalue weighted by Gasteiger charge is 2.31. The van der Waals surface area contributed by atoms with Crippen LogP contribution in [-0.4, -0.2) is 23.3 Å². The molecule has 2 saturated heterocycles. The van der Waals surface area contributed by atoms with Gasteiger partial charge in [0, 0.05) is 11.8 Å². The van der Waals surface area contributed by atoms with E-state index in [0.29, 0.717) is 0 Å². The van der Waals surface area contributed by atoms with E-state index in [-0.39, 0.29) is 0 Å². The Hall–Kier alpha value is -0.0400. The fourth-order valence-corrected chi connectivity index (χ4v) is 2.57. The van der Waals surface area contributed by atoms with Gasteiger partial charge in [-0.3, -0.25) is 0 Å². The Morgan fingerprint density at radius 3 is 1.82 bits per heavy atom. The monoisotopic (exact) mass is 172 g/mol. The molecular weight excluding hydrogens is 158 g/mol. The molecular formula is C9H15ClN+. The van der Waals surface area contributed by atoms with E-state index in [4.69, 9.17) is 11.6 Å². The summed E-state index contributed by atoms with van der Waals surface area (Å²) in [6.07, 6.45) is 5.75. The molecule has 2 aliphatic heterocycles. The summed E-state index contributed by atoms with van der Waals surface area (Å²) in [6.45, 7) is 2.42. The predicted molar refractivity (Wildman–Crippen MR) is 47.4 cm³/mol. The van der Waals surface area contributed by atoms with Crippen molar-refractivity contribution < 1.29 is 4.58 Å². The third-order valence-corrected chi connectivity index (χ3v) is 3.37. The standard InChI is InChI=1S/C9H15ClN/c10-7-11-5-8-1-2-9(6-11)4-3-8/h7-9H,1-6H2/q+1. The van der Waals surface area contributed by atoms with Crippen LogP contribution in [0.4, 0.5) is 0 Å². The molecule has 3 fully saturated rings. The van der Waals surface area contributed by atoms with Crippen LogP contribution in [0.3, 0.4) is 0 Å². The minimum Gasteiger partial charge on any atom is -0.226 e. The molecule has 0 atom stereocenters. The van der Waals surface area contributed by atoms with Crippen molar-refractivity contribution in [2.24, 2.45) is 11.8 Å². The quantitative estimate of drug-likeness (QED) is 0.493. The normalized spacial score (nSPS) is 37.0. The molecule has 11 heavy (non-hydrogen) atoms. The molecule has 1 aliphatic carbocycles. The fraction of sp³-hybridized carbons (Fsp3) is 0.889. The molecule has 0 aromatic carbocycles. The highest BCUT2D eigenvalue weighted by Crippen LogP contribution is 2.32. The van der Waals surface area contributed by atoms with E-state index in [2.05, 4.69) is 4.58 Å². The van der Waals surface area contributed by atoms with Crippen molar-refractivity contribution in [1.29, 1.82) is 0 Å². The molecule has 0 aromatic heterocycles. The van der Waals surface area contributed by atoms with Crippen LogP contribution >= 0.6 is 11.6 Å². The number of nitrogens with zero attached hydrogens (tertiary/aromatic N) is 1. The van der Waals surface area contributed by atoms with Crippen LogP contribution in [0.5, 0.6) is 0 Å². The second-order valence-electron chi connectivity index (χ2n) is 3.94. The molecule has 0 aromatic rings. The first-order valence-corrected chi connectivity index (χ1v) is 4.99. The van der Waals surface area contributed by atoms with Crippen LogP contribution in [0.25, 0.3) is 0 Å². The SMILES string of the molecule is ClC=[N+]1CC2CCC(CC2)C1. The van der Waals surface area contributed by atoms with Gasteiger partial charge in [-0.2, -0.15) is 0 Å². The summed E-state index contributed by atoms with van der Waals surface area (Å²) in [5, 5.41) is 0. The highest BCUT2D eigenvalue weighted by molar-refractivity contribution is 6.54. The van der Waals surface area contributed by atoms with Crippen LogP contribution in [0.1, 0.15) is 25.7 Å². The van der Waals surface area contributed by atoms with Gasteiger partial charge in [-0.1, -0.05) is 0 Å². The first-order chi connectivity index (χ1) is 5.38. The van der Waals surface area contributed by atoms with E-state index in [1.807, 2.05) is 0 Å². The van der Waals surface area contributed by atoms with Crippen molar-refractivity contribution in [3.8, 4) is 0 Å². The molecule has 0 unspecified atom stereocenters. The summed E-state index contributed by atoms with van der Waals surface area (Å²) in [7, 11) is 0. The predicted octanol–water partition coefficient (Wildman–Crippen LogP) is 2.09. The van der Waals surface area contributed by atoms with E-state index < -0.39 is 0 Å². The maximum atomic E-state index is 5.71. The molecule has 1 nitrogen and oxygen atoms in total. The Labute approximate surface area is 73.1 Å². The van der Waals surface area contributed by atoms with E-state index in [9.17, 15) is 0 Å². The van der Waals surface area contributed by atoms with Gasteiger partial charge in [0.15, 0.2) is 0 Å². The Morgan fingerprint density at radius 2 is 1.45 bits per heavy atom. The molecule has 0 amide bonds. The maximum absolute atomic E-state index is 5.71.